The summed E-state index contributed by atoms with van der Waals surface area (Å²) in [5.41, 5.74) is 0.523. The van der Waals surface area contributed by atoms with Crippen molar-refractivity contribution in [3.05, 3.63) is 54.6 Å². The number of carbonyl (C=O) groups is 1. The highest BCUT2D eigenvalue weighted by atomic mass is 32.2. The van der Waals surface area contributed by atoms with Gasteiger partial charge in [-0.3, -0.25) is 4.79 Å². The van der Waals surface area contributed by atoms with Gasteiger partial charge in [0.1, 0.15) is 5.75 Å². The van der Waals surface area contributed by atoms with E-state index in [2.05, 4.69) is 5.32 Å². The minimum Gasteiger partial charge on any atom is -0.484 e. The summed E-state index contributed by atoms with van der Waals surface area (Å²) in [7, 11) is -3.31. The summed E-state index contributed by atoms with van der Waals surface area (Å²) in [5.74, 6) is 0.300. The molecule has 0 saturated heterocycles. The van der Waals surface area contributed by atoms with E-state index in [4.69, 9.17) is 4.74 Å². The summed E-state index contributed by atoms with van der Waals surface area (Å²) in [6.07, 6.45) is 0. The van der Waals surface area contributed by atoms with E-state index in [-0.39, 0.29) is 17.4 Å². The highest BCUT2D eigenvalue weighted by molar-refractivity contribution is 7.92. The van der Waals surface area contributed by atoms with Crippen LogP contribution in [0.4, 0.5) is 5.69 Å². The van der Waals surface area contributed by atoms with Crippen LogP contribution in [0.5, 0.6) is 5.75 Å². The van der Waals surface area contributed by atoms with Gasteiger partial charge in [-0.1, -0.05) is 18.2 Å². The van der Waals surface area contributed by atoms with Crippen molar-refractivity contribution in [3.8, 4) is 5.75 Å². The number of hydrogen-bond acceptors (Lipinski definition) is 4. The third-order valence-corrected chi connectivity index (χ3v) is 5.37. The molecule has 0 unspecified atom stereocenters. The summed E-state index contributed by atoms with van der Waals surface area (Å²) in [6, 6.07) is 15.1. The van der Waals surface area contributed by atoms with E-state index < -0.39 is 15.1 Å². The maximum atomic E-state index is 12.0. The Balaban J connectivity index is 1.94. The SMILES string of the molecule is CC(C)S(=O)(=O)c1ccc(NC(=O)COc2ccccc2)cc1. The van der Waals surface area contributed by atoms with Crippen LogP contribution in [0.25, 0.3) is 0 Å². The van der Waals surface area contributed by atoms with Crippen molar-refractivity contribution >= 4 is 21.4 Å². The molecule has 0 aliphatic carbocycles. The lowest BCUT2D eigenvalue weighted by Gasteiger charge is -2.10. The Kier molecular flexibility index (Phi) is 5.39. The van der Waals surface area contributed by atoms with Crippen molar-refractivity contribution < 1.29 is 17.9 Å². The Morgan fingerprint density at radius 3 is 2.22 bits per heavy atom. The number of hydrogen-bond donors (Lipinski definition) is 1. The second-order valence-corrected chi connectivity index (χ2v) is 7.77. The molecule has 2 aromatic carbocycles. The largest absolute Gasteiger partial charge is 0.484 e. The molecule has 1 N–H and O–H groups in total. The van der Waals surface area contributed by atoms with Crippen LogP contribution in [0.1, 0.15) is 13.8 Å². The average Bonchev–Trinajstić information content (AvgIpc) is 2.54. The molecule has 2 aromatic rings. The molecule has 0 saturated carbocycles. The summed E-state index contributed by atoms with van der Waals surface area (Å²) < 4.78 is 29.4. The van der Waals surface area contributed by atoms with Crippen molar-refractivity contribution in [2.45, 2.75) is 24.0 Å². The summed E-state index contributed by atoms with van der Waals surface area (Å²) >= 11 is 0. The highest BCUT2D eigenvalue weighted by Gasteiger charge is 2.18. The monoisotopic (exact) mass is 333 g/mol. The van der Waals surface area contributed by atoms with E-state index in [1.165, 1.54) is 12.1 Å². The molecule has 0 bridgehead atoms. The molecule has 122 valence electrons. The molecule has 5 nitrogen and oxygen atoms in total. The first-order valence-electron chi connectivity index (χ1n) is 7.21. The van der Waals surface area contributed by atoms with Crippen LogP contribution in [-0.2, 0) is 14.6 Å². The van der Waals surface area contributed by atoms with Crippen molar-refractivity contribution in [3.63, 3.8) is 0 Å². The smallest absolute Gasteiger partial charge is 0.262 e. The van der Waals surface area contributed by atoms with E-state index in [9.17, 15) is 13.2 Å². The molecule has 0 fully saturated rings. The number of sulfone groups is 1. The third kappa shape index (κ3) is 4.56. The van der Waals surface area contributed by atoms with Crippen molar-refractivity contribution in [1.29, 1.82) is 0 Å². The molecular formula is C17H19NO4S. The first kappa shape index (κ1) is 17.0. The topological polar surface area (TPSA) is 72.5 Å². The number of rotatable bonds is 6. The maximum Gasteiger partial charge on any atom is 0.262 e. The molecule has 23 heavy (non-hydrogen) atoms. The Bertz CT molecular complexity index is 753. The first-order valence-corrected chi connectivity index (χ1v) is 8.76. The van der Waals surface area contributed by atoms with E-state index in [0.717, 1.165) is 0 Å². The average molecular weight is 333 g/mol. The van der Waals surface area contributed by atoms with Crippen molar-refractivity contribution in [2.75, 3.05) is 11.9 Å². The minimum atomic E-state index is -3.31. The van der Waals surface area contributed by atoms with E-state index in [0.29, 0.717) is 11.4 Å². The van der Waals surface area contributed by atoms with Gasteiger partial charge in [0.25, 0.3) is 5.91 Å². The van der Waals surface area contributed by atoms with Crippen LogP contribution in [0.2, 0.25) is 0 Å². The van der Waals surface area contributed by atoms with E-state index in [1.54, 1.807) is 38.1 Å². The number of benzene rings is 2. The van der Waals surface area contributed by atoms with Crippen molar-refractivity contribution in [2.24, 2.45) is 0 Å². The fraction of sp³-hybridized carbons (Fsp3) is 0.235. The fourth-order valence-corrected chi connectivity index (χ4v) is 2.92. The molecule has 0 aliphatic rings. The van der Waals surface area contributed by atoms with Crippen LogP contribution in [0.15, 0.2) is 59.5 Å². The van der Waals surface area contributed by atoms with Crippen LogP contribution in [0.3, 0.4) is 0 Å². The predicted molar refractivity (Wildman–Crippen MR) is 89.3 cm³/mol. The number of nitrogens with one attached hydrogen (secondary N) is 1. The lowest BCUT2D eigenvalue weighted by Crippen LogP contribution is -2.20. The van der Waals surface area contributed by atoms with Gasteiger partial charge >= 0.3 is 0 Å². The van der Waals surface area contributed by atoms with Crippen LogP contribution >= 0.6 is 0 Å². The third-order valence-electron chi connectivity index (χ3n) is 3.20. The first-order chi connectivity index (χ1) is 10.9. The molecule has 0 heterocycles. The quantitative estimate of drug-likeness (QED) is 0.882. The second kappa shape index (κ2) is 7.28. The fourth-order valence-electron chi connectivity index (χ4n) is 1.86. The van der Waals surface area contributed by atoms with Crippen LogP contribution in [-0.4, -0.2) is 26.2 Å². The van der Waals surface area contributed by atoms with Gasteiger partial charge in [-0.15, -0.1) is 0 Å². The van der Waals surface area contributed by atoms with Gasteiger partial charge in [-0.05, 0) is 50.2 Å². The predicted octanol–water partition coefficient (Wildman–Crippen LogP) is 2.89. The summed E-state index contributed by atoms with van der Waals surface area (Å²) in [6.45, 7) is 3.15. The zero-order valence-corrected chi connectivity index (χ0v) is 13.8. The summed E-state index contributed by atoms with van der Waals surface area (Å²) in [5, 5.41) is 2.18. The van der Waals surface area contributed by atoms with Gasteiger partial charge < -0.3 is 10.1 Å². The normalized spacial score (nSPS) is 11.3. The van der Waals surface area contributed by atoms with Crippen LogP contribution in [0, 0.1) is 0 Å². The Labute approximate surface area is 136 Å². The Morgan fingerprint density at radius 2 is 1.65 bits per heavy atom. The van der Waals surface area contributed by atoms with Gasteiger partial charge in [0, 0.05) is 5.69 Å². The lowest BCUT2D eigenvalue weighted by atomic mass is 10.3. The maximum absolute atomic E-state index is 12.0. The molecule has 6 heteroatoms. The Hall–Kier alpha value is -2.34. The number of amides is 1. The van der Waals surface area contributed by atoms with Gasteiger partial charge in [-0.25, -0.2) is 8.42 Å². The molecule has 0 aromatic heterocycles. The zero-order chi connectivity index (χ0) is 16.9. The number of para-hydroxylation sites is 1. The summed E-state index contributed by atoms with van der Waals surface area (Å²) in [4.78, 5) is 12.1. The van der Waals surface area contributed by atoms with Gasteiger partial charge in [0.15, 0.2) is 16.4 Å². The lowest BCUT2D eigenvalue weighted by molar-refractivity contribution is -0.118. The van der Waals surface area contributed by atoms with E-state index in [1.807, 2.05) is 18.2 Å². The number of anilines is 1. The second-order valence-electron chi connectivity index (χ2n) is 5.27. The highest BCUT2D eigenvalue weighted by Crippen LogP contribution is 2.18. The molecule has 0 atom stereocenters. The number of ether oxygens (including phenoxy) is 1. The molecule has 0 aliphatic heterocycles. The van der Waals surface area contributed by atoms with E-state index >= 15 is 0 Å². The molecule has 2 rings (SSSR count). The Morgan fingerprint density at radius 1 is 1.04 bits per heavy atom. The molecular weight excluding hydrogens is 314 g/mol. The molecule has 1 amide bonds. The van der Waals surface area contributed by atoms with Gasteiger partial charge in [0.2, 0.25) is 0 Å². The molecule has 0 spiro atoms. The minimum absolute atomic E-state index is 0.115. The van der Waals surface area contributed by atoms with Gasteiger partial charge in [0.05, 0.1) is 10.1 Å². The molecule has 0 radical (unpaired) electrons. The number of carbonyl (C=O) groups excluding carboxylic acids is 1. The standard InChI is InChI=1S/C17H19NO4S/c1-13(2)23(20,21)16-10-8-14(9-11-16)18-17(19)12-22-15-6-4-3-5-7-15/h3-11,13H,12H2,1-2H3,(H,18,19). The zero-order valence-electron chi connectivity index (χ0n) is 13.0. The van der Waals surface area contributed by atoms with Crippen LogP contribution < -0.4 is 10.1 Å². The van der Waals surface area contributed by atoms with Crippen molar-refractivity contribution in [1.82, 2.24) is 0 Å². The van der Waals surface area contributed by atoms with Gasteiger partial charge in [-0.2, -0.15) is 0 Å².